The molecule has 5 nitrogen and oxygen atoms in total. The van der Waals surface area contributed by atoms with Crippen LogP contribution in [0.3, 0.4) is 0 Å². The summed E-state index contributed by atoms with van der Waals surface area (Å²) in [5.74, 6) is 0.0806. The van der Waals surface area contributed by atoms with Gasteiger partial charge >= 0.3 is 6.03 Å². The minimum Gasteiger partial charge on any atom is -0.340 e. The number of amides is 3. The Morgan fingerprint density at radius 1 is 1.04 bits per heavy atom. The summed E-state index contributed by atoms with van der Waals surface area (Å²) in [6.07, 6.45) is 1.61. The van der Waals surface area contributed by atoms with Crippen LogP contribution in [-0.2, 0) is 4.79 Å². The smallest absolute Gasteiger partial charge is 0.317 e. The summed E-state index contributed by atoms with van der Waals surface area (Å²) in [4.78, 5) is 28.8. The average molecular weight is 331 g/mol. The standard InChI is InChI=1S/C19H29N3O2/c1-4-17(16-9-6-5-7-10-16)18(23)21-11-8-12-22(14-13-21)19(24)20-15(2)3/h5-7,9-10,15,17H,4,8,11-14H2,1-3H3,(H,20,24). The number of rotatable bonds is 4. The highest BCUT2D eigenvalue weighted by molar-refractivity contribution is 5.84. The molecular weight excluding hydrogens is 302 g/mol. The number of carbonyl (C=O) groups excluding carboxylic acids is 2. The van der Waals surface area contributed by atoms with Crippen LogP contribution in [0.25, 0.3) is 0 Å². The summed E-state index contributed by atoms with van der Waals surface area (Å²) in [6, 6.07) is 10.1. The van der Waals surface area contributed by atoms with Crippen LogP contribution in [0.15, 0.2) is 30.3 Å². The van der Waals surface area contributed by atoms with E-state index in [1.54, 1.807) is 0 Å². The Bertz CT molecular complexity index is 545. The van der Waals surface area contributed by atoms with E-state index in [1.165, 1.54) is 0 Å². The predicted octanol–water partition coefficient (Wildman–Crippen LogP) is 2.83. The molecule has 132 valence electrons. The Hall–Kier alpha value is -2.04. The fourth-order valence-electron chi connectivity index (χ4n) is 3.14. The fourth-order valence-corrected chi connectivity index (χ4v) is 3.14. The predicted molar refractivity (Wildman–Crippen MR) is 95.9 cm³/mol. The lowest BCUT2D eigenvalue weighted by molar-refractivity contribution is -0.132. The van der Waals surface area contributed by atoms with E-state index in [4.69, 9.17) is 0 Å². The molecule has 1 aromatic carbocycles. The monoisotopic (exact) mass is 331 g/mol. The van der Waals surface area contributed by atoms with E-state index in [0.29, 0.717) is 26.2 Å². The first-order chi connectivity index (χ1) is 11.5. The third kappa shape index (κ3) is 4.73. The Labute approximate surface area is 145 Å². The maximum absolute atomic E-state index is 12.9. The molecule has 3 amide bonds. The van der Waals surface area contributed by atoms with Crippen molar-refractivity contribution in [3.05, 3.63) is 35.9 Å². The molecule has 1 saturated heterocycles. The zero-order chi connectivity index (χ0) is 17.5. The molecule has 1 atom stereocenters. The van der Waals surface area contributed by atoms with Crippen molar-refractivity contribution in [3.63, 3.8) is 0 Å². The van der Waals surface area contributed by atoms with Crippen LogP contribution < -0.4 is 5.32 Å². The van der Waals surface area contributed by atoms with Crippen molar-refractivity contribution in [2.24, 2.45) is 0 Å². The van der Waals surface area contributed by atoms with Crippen molar-refractivity contribution in [2.75, 3.05) is 26.2 Å². The zero-order valence-electron chi connectivity index (χ0n) is 15.0. The van der Waals surface area contributed by atoms with Gasteiger partial charge in [0.05, 0.1) is 5.92 Å². The van der Waals surface area contributed by atoms with Crippen LogP contribution in [0.5, 0.6) is 0 Å². The topological polar surface area (TPSA) is 52.7 Å². The van der Waals surface area contributed by atoms with E-state index in [0.717, 1.165) is 18.4 Å². The molecule has 1 unspecified atom stereocenters. The van der Waals surface area contributed by atoms with Gasteiger partial charge in [-0.2, -0.15) is 0 Å². The molecule has 0 spiro atoms. The molecule has 1 heterocycles. The minimum atomic E-state index is -0.0951. The number of urea groups is 1. The van der Waals surface area contributed by atoms with E-state index in [9.17, 15) is 9.59 Å². The Morgan fingerprint density at radius 2 is 1.67 bits per heavy atom. The van der Waals surface area contributed by atoms with Gasteiger partial charge < -0.3 is 15.1 Å². The Kier molecular flexibility index (Phi) is 6.64. The van der Waals surface area contributed by atoms with E-state index >= 15 is 0 Å². The van der Waals surface area contributed by atoms with Crippen molar-refractivity contribution in [1.82, 2.24) is 15.1 Å². The van der Waals surface area contributed by atoms with Gasteiger partial charge in [0.15, 0.2) is 0 Å². The maximum atomic E-state index is 12.9. The van der Waals surface area contributed by atoms with Crippen molar-refractivity contribution >= 4 is 11.9 Å². The summed E-state index contributed by atoms with van der Waals surface area (Å²) in [6.45, 7) is 8.57. The molecule has 1 N–H and O–H groups in total. The number of hydrogen-bond donors (Lipinski definition) is 1. The molecule has 1 fully saturated rings. The maximum Gasteiger partial charge on any atom is 0.317 e. The van der Waals surface area contributed by atoms with Crippen LogP contribution in [-0.4, -0.2) is 54.0 Å². The van der Waals surface area contributed by atoms with Crippen LogP contribution in [0.4, 0.5) is 4.79 Å². The molecule has 1 aromatic rings. The lowest BCUT2D eigenvalue weighted by atomic mass is 9.95. The number of nitrogens with zero attached hydrogens (tertiary/aromatic N) is 2. The third-order valence-electron chi connectivity index (χ3n) is 4.42. The Balaban J connectivity index is 1.99. The summed E-state index contributed by atoms with van der Waals surface area (Å²) >= 11 is 0. The van der Waals surface area contributed by atoms with E-state index < -0.39 is 0 Å². The second-order valence-electron chi connectivity index (χ2n) is 6.64. The third-order valence-corrected chi connectivity index (χ3v) is 4.42. The fraction of sp³-hybridized carbons (Fsp3) is 0.579. The lowest BCUT2D eigenvalue weighted by Crippen LogP contribution is -2.45. The SMILES string of the molecule is CCC(C(=O)N1CCCN(C(=O)NC(C)C)CC1)c1ccccc1. The summed E-state index contributed by atoms with van der Waals surface area (Å²) in [5, 5.41) is 2.93. The highest BCUT2D eigenvalue weighted by Crippen LogP contribution is 2.22. The van der Waals surface area contributed by atoms with Crippen LogP contribution in [0.1, 0.15) is 45.1 Å². The van der Waals surface area contributed by atoms with Gasteiger partial charge in [0.2, 0.25) is 5.91 Å². The van der Waals surface area contributed by atoms with E-state index in [2.05, 4.69) is 12.2 Å². The molecule has 0 saturated carbocycles. The zero-order valence-corrected chi connectivity index (χ0v) is 15.0. The minimum absolute atomic E-state index is 0.0330. The first-order valence-corrected chi connectivity index (χ1v) is 8.92. The summed E-state index contributed by atoms with van der Waals surface area (Å²) < 4.78 is 0. The molecule has 1 aliphatic rings. The van der Waals surface area contributed by atoms with Crippen LogP contribution in [0, 0.1) is 0 Å². The van der Waals surface area contributed by atoms with Crippen molar-refractivity contribution < 1.29 is 9.59 Å². The second kappa shape index (κ2) is 8.71. The van der Waals surface area contributed by atoms with Gasteiger partial charge in [-0.3, -0.25) is 4.79 Å². The largest absolute Gasteiger partial charge is 0.340 e. The van der Waals surface area contributed by atoms with Gasteiger partial charge in [-0.05, 0) is 32.3 Å². The highest BCUT2D eigenvalue weighted by atomic mass is 16.2. The molecule has 1 aliphatic heterocycles. The quantitative estimate of drug-likeness (QED) is 0.922. The van der Waals surface area contributed by atoms with Crippen molar-refractivity contribution in [2.45, 2.75) is 45.6 Å². The molecular formula is C19H29N3O2. The van der Waals surface area contributed by atoms with Gasteiger partial charge in [0, 0.05) is 32.2 Å². The number of nitrogens with one attached hydrogen (secondary N) is 1. The van der Waals surface area contributed by atoms with Crippen molar-refractivity contribution in [1.29, 1.82) is 0 Å². The number of benzene rings is 1. The molecule has 24 heavy (non-hydrogen) atoms. The number of carbonyl (C=O) groups is 2. The molecule has 0 radical (unpaired) electrons. The van der Waals surface area contributed by atoms with Crippen LogP contribution >= 0.6 is 0 Å². The molecule has 5 heteroatoms. The lowest BCUT2D eigenvalue weighted by Gasteiger charge is -2.26. The van der Waals surface area contributed by atoms with Gasteiger partial charge in [-0.25, -0.2) is 4.79 Å². The molecule has 2 rings (SSSR count). The highest BCUT2D eigenvalue weighted by Gasteiger charge is 2.27. The van der Waals surface area contributed by atoms with Crippen molar-refractivity contribution in [3.8, 4) is 0 Å². The summed E-state index contributed by atoms with van der Waals surface area (Å²) in [7, 11) is 0. The average Bonchev–Trinajstić information content (AvgIpc) is 2.82. The first kappa shape index (κ1) is 18.3. The van der Waals surface area contributed by atoms with Gasteiger partial charge in [0.25, 0.3) is 0 Å². The summed E-state index contributed by atoms with van der Waals surface area (Å²) in [5.41, 5.74) is 1.07. The van der Waals surface area contributed by atoms with E-state index in [-0.39, 0.29) is 23.9 Å². The van der Waals surface area contributed by atoms with Gasteiger partial charge in [0.1, 0.15) is 0 Å². The van der Waals surface area contributed by atoms with Gasteiger partial charge in [-0.15, -0.1) is 0 Å². The van der Waals surface area contributed by atoms with E-state index in [1.807, 2.05) is 54.0 Å². The molecule has 0 aliphatic carbocycles. The normalized spacial score (nSPS) is 16.7. The van der Waals surface area contributed by atoms with Crippen LogP contribution in [0.2, 0.25) is 0 Å². The molecule has 0 aromatic heterocycles. The Morgan fingerprint density at radius 3 is 2.29 bits per heavy atom. The first-order valence-electron chi connectivity index (χ1n) is 8.92. The molecule has 0 bridgehead atoms. The number of hydrogen-bond acceptors (Lipinski definition) is 2. The van der Waals surface area contributed by atoms with Gasteiger partial charge in [-0.1, -0.05) is 37.3 Å². The second-order valence-corrected chi connectivity index (χ2v) is 6.64.